The third kappa shape index (κ3) is 5.10. The minimum Gasteiger partial charge on any atom is -0.340 e. The fourth-order valence-electron chi connectivity index (χ4n) is 2.35. The number of carbonyl (C=O) groups excluding carboxylic acids is 2. The topological polar surface area (TPSA) is 101 Å². The lowest BCUT2D eigenvalue weighted by Crippen LogP contribution is -2.47. The average Bonchev–Trinajstić information content (AvgIpc) is 2.60. The summed E-state index contributed by atoms with van der Waals surface area (Å²) in [5, 5.41) is 16.0. The summed E-state index contributed by atoms with van der Waals surface area (Å²) in [6.45, 7) is 3.50. The second kappa shape index (κ2) is 8.72. The molecule has 9 heteroatoms. The Balaban J connectivity index is 2.18. The molecule has 1 atom stereocenters. The van der Waals surface area contributed by atoms with Crippen LogP contribution in [0.4, 0.5) is 15.8 Å². The molecule has 0 heterocycles. The molecule has 0 aromatic heterocycles. The van der Waals surface area contributed by atoms with E-state index < -0.39 is 34.3 Å². The highest BCUT2D eigenvalue weighted by Gasteiger charge is 2.26. The van der Waals surface area contributed by atoms with Crippen LogP contribution >= 0.6 is 15.9 Å². The SMILES string of the molecule is CC(C)C(NC(=O)c1ccccc1Br)C(=O)Nc1ccc(F)c([N+](=O)[O-])c1. The molecule has 2 amide bonds. The number of nitrogens with one attached hydrogen (secondary N) is 2. The number of hydrogen-bond acceptors (Lipinski definition) is 4. The fraction of sp³-hybridized carbons (Fsp3) is 0.222. The predicted molar refractivity (Wildman–Crippen MR) is 102 cm³/mol. The zero-order valence-electron chi connectivity index (χ0n) is 14.5. The third-order valence-corrected chi connectivity index (χ3v) is 4.46. The molecule has 142 valence electrons. The minimum absolute atomic E-state index is 0.0638. The molecule has 0 fully saturated rings. The van der Waals surface area contributed by atoms with Gasteiger partial charge in [-0.15, -0.1) is 0 Å². The molecule has 2 rings (SSSR count). The lowest BCUT2D eigenvalue weighted by Gasteiger charge is -2.22. The molecule has 0 aliphatic carbocycles. The summed E-state index contributed by atoms with van der Waals surface area (Å²) >= 11 is 3.28. The van der Waals surface area contributed by atoms with Crippen LogP contribution < -0.4 is 10.6 Å². The van der Waals surface area contributed by atoms with E-state index in [4.69, 9.17) is 0 Å². The van der Waals surface area contributed by atoms with E-state index >= 15 is 0 Å². The van der Waals surface area contributed by atoms with Crippen LogP contribution in [0.2, 0.25) is 0 Å². The Bertz CT molecular complexity index is 889. The lowest BCUT2D eigenvalue weighted by atomic mass is 10.0. The molecule has 2 aromatic rings. The van der Waals surface area contributed by atoms with Crippen LogP contribution in [-0.2, 0) is 4.79 Å². The maximum atomic E-state index is 13.4. The summed E-state index contributed by atoms with van der Waals surface area (Å²) in [7, 11) is 0. The number of nitrogens with zero attached hydrogens (tertiary/aromatic N) is 1. The summed E-state index contributed by atoms with van der Waals surface area (Å²) < 4.78 is 14.0. The van der Waals surface area contributed by atoms with Gasteiger partial charge >= 0.3 is 5.69 Å². The highest BCUT2D eigenvalue weighted by Crippen LogP contribution is 2.22. The molecule has 2 aromatic carbocycles. The van der Waals surface area contributed by atoms with Crippen molar-refractivity contribution in [3.63, 3.8) is 0 Å². The van der Waals surface area contributed by atoms with Gasteiger partial charge in [0, 0.05) is 16.2 Å². The highest BCUT2D eigenvalue weighted by molar-refractivity contribution is 9.10. The Hall–Kier alpha value is -2.81. The fourth-order valence-corrected chi connectivity index (χ4v) is 2.81. The molecule has 0 saturated carbocycles. The van der Waals surface area contributed by atoms with E-state index in [1.54, 1.807) is 38.1 Å². The quantitative estimate of drug-likeness (QED) is 0.528. The second-order valence-corrected chi connectivity index (χ2v) is 6.94. The van der Waals surface area contributed by atoms with Gasteiger partial charge in [0.15, 0.2) is 0 Å². The number of amides is 2. The largest absolute Gasteiger partial charge is 0.340 e. The van der Waals surface area contributed by atoms with E-state index in [1.807, 2.05) is 0 Å². The van der Waals surface area contributed by atoms with E-state index in [2.05, 4.69) is 26.6 Å². The minimum atomic E-state index is -0.999. The maximum Gasteiger partial charge on any atom is 0.306 e. The predicted octanol–water partition coefficient (Wildman–Crippen LogP) is 3.89. The van der Waals surface area contributed by atoms with Crippen LogP contribution in [0.15, 0.2) is 46.9 Å². The standard InChI is InChI=1S/C18H17BrFN3O4/c1-10(2)16(22-17(24)12-5-3-4-6-13(12)19)18(25)21-11-7-8-14(20)15(9-11)23(26)27/h3-10,16H,1-2H3,(H,21,25)(H,22,24). The molecule has 0 radical (unpaired) electrons. The Morgan fingerprint density at radius 3 is 2.44 bits per heavy atom. The van der Waals surface area contributed by atoms with Gasteiger partial charge in [0.2, 0.25) is 11.7 Å². The van der Waals surface area contributed by atoms with E-state index in [1.165, 1.54) is 6.07 Å². The Kier molecular flexibility index (Phi) is 6.62. The third-order valence-electron chi connectivity index (χ3n) is 3.76. The monoisotopic (exact) mass is 437 g/mol. The van der Waals surface area contributed by atoms with Crippen LogP contribution in [0.1, 0.15) is 24.2 Å². The second-order valence-electron chi connectivity index (χ2n) is 6.09. The first kappa shape index (κ1) is 20.5. The van der Waals surface area contributed by atoms with Crippen LogP contribution in [0, 0.1) is 21.8 Å². The lowest BCUT2D eigenvalue weighted by molar-refractivity contribution is -0.387. The van der Waals surface area contributed by atoms with Crippen LogP contribution in [-0.4, -0.2) is 22.8 Å². The zero-order chi connectivity index (χ0) is 20.1. The van der Waals surface area contributed by atoms with Crippen molar-refractivity contribution in [3.05, 3.63) is 68.4 Å². The number of nitro benzene ring substituents is 1. The zero-order valence-corrected chi connectivity index (χ0v) is 16.1. The summed E-state index contributed by atoms with van der Waals surface area (Å²) in [5.74, 6) is -2.26. The van der Waals surface area contributed by atoms with E-state index in [9.17, 15) is 24.1 Å². The van der Waals surface area contributed by atoms with Gasteiger partial charge in [0.1, 0.15) is 6.04 Å². The van der Waals surface area contributed by atoms with Crippen LogP contribution in [0.3, 0.4) is 0 Å². The highest BCUT2D eigenvalue weighted by atomic mass is 79.9. The first-order valence-corrected chi connectivity index (χ1v) is 8.80. The van der Waals surface area contributed by atoms with Crippen LogP contribution in [0.5, 0.6) is 0 Å². The summed E-state index contributed by atoms with van der Waals surface area (Å²) in [5.41, 5.74) is -0.312. The smallest absolute Gasteiger partial charge is 0.306 e. The van der Waals surface area contributed by atoms with E-state index in [0.29, 0.717) is 10.0 Å². The van der Waals surface area contributed by atoms with Crippen molar-refractivity contribution in [2.45, 2.75) is 19.9 Å². The van der Waals surface area contributed by atoms with Gasteiger partial charge in [-0.2, -0.15) is 4.39 Å². The van der Waals surface area contributed by atoms with Gasteiger partial charge in [-0.05, 0) is 46.1 Å². The molecule has 0 saturated heterocycles. The number of nitro groups is 1. The molecule has 0 aliphatic rings. The van der Waals surface area contributed by atoms with Crippen molar-refractivity contribution < 1.29 is 18.9 Å². The van der Waals surface area contributed by atoms with Gasteiger partial charge in [-0.25, -0.2) is 0 Å². The number of benzene rings is 2. The van der Waals surface area contributed by atoms with Gasteiger partial charge in [-0.1, -0.05) is 26.0 Å². The molecule has 27 heavy (non-hydrogen) atoms. The van der Waals surface area contributed by atoms with Crippen molar-refractivity contribution in [2.75, 3.05) is 5.32 Å². The first-order chi connectivity index (χ1) is 12.7. The van der Waals surface area contributed by atoms with Crippen molar-refractivity contribution in [3.8, 4) is 0 Å². The Morgan fingerprint density at radius 2 is 1.85 bits per heavy atom. The normalized spacial score (nSPS) is 11.7. The van der Waals surface area contributed by atoms with Gasteiger partial charge in [0.25, 0.3) is 5.91 Å². The van der Waals surface area contributed by atoms with Gasteiger partial charge < -0.3 is 10.6 Å². The Morgan fingerprint density at radius 1 is 1.19 bits per heavy atom. The van der Waals surface area contributed by atoms with E-state index in [-0.39, 0.29) is 11.6 Å². The van der Waals surface area contributed by atoms with Gasteiger partial charge in [-0.3, -0.25) is 19.7 Å². The number of anilines is 1. The number of halogens is 2. The number of carbonyl (C=O) groups is 2. The first-order valence-electron chi connectivity index (χ1n) is 8.01. The summed E-state index contributed by atoms with van der Waals surface area (Å²) in [4.78, 5) is 35.0. The molecule has 2 N–H and O–H groups in total. The number of rotatable bonds is 6. The van der Waals surface area contributed by atoms with Crippen molar-refractivity contribution in [2.24, 2.45) is 5.92 Å². The van der Waals surface area contributed by atoms with Crippen molar-refractivity contribution in [1.29, 1.82) is 0 Å². The van der Waals surface area contributed by atoms with E-state index in [0.717, 1.165) is 12.1 Å². The summed E-state index contributed by atoms with van der Waals surface area (Å²) in [6.07, 6.45) is 0. The molecular formula is C18H17BrFN3O4. The van der Waals surface area contributed by atoms with Crippen LogP contribution in [0.25, 0.3) is 0 Å². The van der Waals surface area contributed by atoms with Crippen molar-refractivity contribution in [1.82, 2.24) is 5.32 Å². The average molecular weight is 438 g/mol. The van der Waals surface area contributed by atoms with Gasteiger partial charge in [0.05, 0.1) is 10.5 Å². The maximum absolute atomic E-state index is 13.4. The molecule has 0 bridgehead atoms. The molecular weight excluding hydrogens is 421 g/mol. The molecule has 1 unspecified atom stereocenters. The molecule has 0 spiro atoms. The molecule has 7 nitrogen and oxygen atoms in total. The van der Waals surface area contributed by atoms with Crippen molar-refractivity contribution >= 4 is 39.1 Å². The Labute approximate surface area is 163 Å². The summed E-state index contributed by atoms with van der Waals surface area (Å²) in [6, 6.07) is 8.92. The number of hydrogen-bond donors (Lipinski definition) is 2. The molecule has 0 aliphatic heterocycles.